The molecule has 0 spiro atoms. The maximum atomic E-state index is 9.00. The zero-order chi connectivity index (χ0) is 15.0. The first-order chi connectivity index (χ1) is 9.49. The van der Waals surface area contributed by atoms with Crippen molar-refractivity contribution in [3.05, 3.63) is 36.9 Å². The number of hydrogen-bond donors (Lipinski definition) is 1. The zero-order valence-corrected chi connectivity index (χ0v) is 12.6. The van der Waals surface area contributed by atoms with Crippen molar-refractivity contribution in [1.29, 1.82) is 0 Å². The van der Waals surface area contributed by atoms with Crippen molar-refractivity contribution in [3.8, 4) is 0 Å². The molecule has 0 bridgehead atoms. The summed E-state index contributed by atoms with van der Waals surface area (Å²) in [5.74, 6) is 0.926. The number of hydrogen-bond acceptors (Lipinski definition) is 4. The average molecular weight is 312 g/mol. The predicted octanol–water partition coefficient (Wildman–Crippen LogP) is 2.44. The summed E-state index contributed by atoms with van der Waals surface area (Å²) in [5, 5.41) is 9.00. The molecule has 0 aromatic carbocycles. The first kappa shape index (κ1) is 22.6. The van der Waals surface area contributed by atoms with E-state index in [4.69, 9.17) is 9.84 Å². The van der Waals surface area contributed by atoms with Gasteiger partial charge in [0, 0.05) is 45.3 Å². The Balaban J connectivity index is 0. The third-order valence-corrected chi connectivity index (χ3v) is 2.54. The third kappa shape index (κ3) is 11.0. The quantitative estimate of drug-likeness (QED) is 0.865. The van der Waals surface area contributed by atoms with Crippen LogP contribution in [0.15, 0.2) is 31.1 Å². The molecule has 3 rings (SSSR count). The largest absolute Gasteiger partial charge is 0.393 e. The van der Waals surface area contributed by atoms with E-state index in [1.165, 1.54) is 0 Å². The van der Waals surface area contributed by atoms with Crippen LogP contribution in [-0.2, 0) is 25.3 Å². The highest BCUT2D eigenvalue weighted by Gasteiger charge is 2.13. The topological polar surface area (TPSA) is 68.4 Å². The molecule has 0 unspecified atom stereocenters. The Bertz CT molecular complexity index is 462. The van der Waals surface area contributed by atoms with E-state index in [0.29, 0.717) is 12.5 Å². The summed E-state index contributed by atoms with van der Waals surface area (Å²) in [6.07, 6.45) is 9.90. The number of epoxide rings is 1. The predicted molar refractivity (Wildman–Crippen MR) is 90.7 cm³/mol. The lowest BCUT2D eigenvalue weighted by Crippen LogP contribution is -2.08. The molecule has 1 N–H and O–H groups in total. The second-order valence-electron chi connectivity index (χ2n) is 4.88. The van der Waals surface area contributed by atoms with Crippen LogP contribution < -0.4 is 0 Å². The van der Waals surface area contributed by atoms with Crippen LogP contribution in [-0.4, -0.2) is 43.0 Å². The molecule has 1 aliphatic heterocycles. The number of aryl methyl sites for hydroxylation is 2. The van der Waals surface area contributed by atoms with Gasteiger partial charge in [0.15, 0.2) is 0 Å². The van der Waals surface area contributed by atoms with Crippen molar-refractivity contribution in [2.24, 2.45) is 14.1 Å². The van der Waals surface area contributed by atoms with Gasteiger partial charge in [0.2, 0.25) is 0 Å². The Labute approximate surface area is 134 Å². The minimum atomic E-state index is -0.305. The minimum Gasteiger partial charge on any atom is -0.393 e. The van der Waals surface area contributed by atoms with Gasteiger partial charge in [-0.25, -0.2) is 9.97 Å². The minimum absolute atomic E-state index is 0. The van der Waals surface area contributed by atoms with Gasteiger partial charge in [0.1, 0.15) is 5.82 Å². The smallest absolute Gasteiger partial charge is 0.110 e. The fourth-order valence-electron chi connectivity index (χ4n) is 1.28. The molecule has 6 nitrogen and oxygen atoms in total. The van der Waals surface area contributed by atoms with Crippen LogP contribution in [0.2, 0.25) is 0 Å². The normalized spacial score (nSPS) is 15.8. The summed E-state index contributed by atoms with van der Waals surface area (Å²) >= 11 is 0. The molecule has 0 saturated carbocycles. The molecule has 0 amide bonds. The van der Waals surface area contributed by atoms with Gasteiger partial charge < -0.3 is 19.0 Å². The molecule has 2 aromatic rings. The fourth-order valence-corrected chi connectivity index (χ4v) is 1.28. The van der Waals surface area contributed by atoms with E-state index in [0.717, 1.165) is 12.4 Å². The van der Waals surface area contributed by atoms with Crippen LogP contribution in [0, 0.1) is 0 Å². The Hall–Kier alpha value is -1.66. The molecule has 128 valence electrons. The number of rotatable bonds is 2. The third-order valence-electron chi connectivity index (χ3n) is 2.54. The SMILES string of the molecule is C.C.C[C@H](O)Cc1nccn1C.C[C@H]1CO1.Cn1ccnc1. The Morgan fingerprint density at radius 1 is 1.32 bits per heavy atom. The molecular weight excluding hydrogens is 280 g/mol. The standard InChI is InChI=1S/C7H12N2O.C4H6N2.C3H6O.2CH4/c1-6(10)5-7-8-3-4-9(7)2;1-6-3-2-5-4-6;1-3-2-4-3;;/h3-4,6,10H,5H2,1-2H3;2-4H,1H3;3H,2H2,1H3;2*1H4/t6-;;3-;;/m0.0../s1. The van der Waals surface area contributed by atoms with Gasteiger partial charge >= 0.3 is 0 Å². The monoisotopic (exact) mass is 312 g/mol. The van der Waals surface area contributed by atoms with Crippen molar-refractivity contribution in [3.63, 3.8) is 0 Å². The lowest BCUT2D eigenvalue weighted by atomic mass is 10.3. The molecule has 0 radical (unpaired) electrons. The van der Waals surface area contributed by atoms with E-state index in [1.807, 2.05) is 35.6 Å². The van der Waals surface area contributed by atoms with Crippen LogP contribution in [0.3, 0.4) is 0 Å². The second kappa shape index (κ2) is 11.9. The maximum Gasteiger partial charge on any atom is 0.110 e. The zero-order valence-electron chi connectivity index (χ0n) is 12.6. The summed E-state index contributed by atoms with van der Waals surface area (Å²) < 4.78 is 8.51. The van der Waals surface area contributed by atoms with Gasteiger partial charge in [-0.2, -0.15) is 0 Å². The lowest BCUT2D eigenvalue weighted by Gasteiger charge is -2.02. The van der Waals surface area contributed by atoms with Crippen LogP contribution in [0.5, 0.6) is 0 Å². The highest BCUT2D eigenvalue weighted by molar-refractivity contribution is 4.92. The molecule has 1 aliphatic rings. The molecule has 22 heavy (non-hydrogen) atoms. The molecule has 1 saturated heterocycles. The summed E-state index contributed by atoms with van der Waals surface area (Å²) in [4.78, 5) is 7.84. The van der Waals surface area contributed by atoms with Crippen molar-refractivity contribution < 1.29 is 9.84 Å². The van der Waals surface area contributed by atoms with Gasteiger partial charge in [0.25, 0.3) is 0 Å². The van der Waals surface area contributed by atoms with Crippen molar-refractivity contribution in [2.45, 2.75) is 47.3 Å². The van der Waals surface area contributed by atoms with E-state index >= 15 is 0 Å². The summed E-state index contributed by atoms with van der Waals surface area (Å²) in [7, 11) is 3.86. The van der Waals surface area contributed by atoms with E-state index in [2.05, 4.69) is 16.9 Å². The Morgan fingerprint density at radius 2 is 1.91 bits per heavy atom. The fraction of sp³-hybridized carbons (Fsp3) is 0.625. The van der Waals surface area contributed by atoms with Gasteiger partial charge in [-0.05, 0) is 13.8 Å². The highest BCUT2D eigenvalue weighted by atomic mass is 16.6. The maximum absolute atomic E-state index is 9.00. The number of nitrogens with zero attached hydrogens (tertiary/aromatic N) is 4. The Morgan fingerprint density at radius 3 is 2.14 bits per heavy atom. The second-order valence-corrected chi connectivity index (χ2v) is 4.88. The van der Waals surface area contributed by atoms with E-state index in [-0.39, 0.29) is 21.0 Å². The first-order valence-corrected chi connectivity index (χ1v) is 6.66. The molecule has 3 heterocycles. The number of imidazole rings is 2. The molecule has 2 atom stereocenters. The van der Waals surface area contributed by atoms with Gasteiger partial charge in [-0.1, -0.05) is 14.9 Å². The van der Waals surface area contributed by atoms with Crippen molar-refractivity contribution in [1.82, 2.24) is 19.1 Å². The molecule has 0 aliphatic carbocycles. The van der Waals surface area contributed by atoms with E-state index in [9.17, 15) is 0 Å². The van der Waals surface area contributed by atoms with Gasteiger partial charge in [-0.3, -0.25) is 0 Å². The number of ether oxygens (including phenoxy) is 1. The summed E-state index contributed by atoms with van der Waals surface area (Å²) in [6, 6.07) is 0. The summed E-state index contributed by atoms with van der Waals surface area (Å²) in [5.41, 5.74) is 0. The molecular formula is C16H32N4O2. The van der Waals surface area contributed by atoms with Crippen LogP contribution in [0.25, 0.3) is 0 Å². The number of aliphatic hydroxyl groups is 1. The molecule has 2 aromatic heterocycles. The van der Waals surface area contributed by atoms with E-state index in [1.54, 1.807) is 25.6 Å². The van der Waals surface area contributed by atoms with Crippen molar-refractivity contribution in [2.75, 3.05) is 6.61 Å². The average Bonchev–Trinajstić information content (AvgIpc) is 2.84. The van der Waals surface area contributed by atoms with Crippen molar-refractivity contribution >= 4 is 0 Å². The molecule has 6 heteroatoms. The van der Waals surface area contributed by atoms with Crippen LogP contribution in [0.4, 0.5) is 0 Å². The van der Waals surface area contributed by atoms with Crippen LogP contribution >= 0.6 is 0 Å². The number of aliphatic hydroxyl groups excluding tert-OH is 1. The lowest BCUT2D eigenvalue weighted by molar-refractivity contribution is 0.192. The van der Waals surface area contributed by atoms with Crippen LogP contribution in [0.1, 0.15) is 34.5 Å². The summed E-state index contributed by atoms with van der Waals surface area (Å²) in [6.45, 7) is 4.80. The number of aromatic nitrogens is 4. The Kier molecular flexibility index (Phi) is 12.3. The molecule has 1 fully saturated rings. The van der Waals surface area contributed by atoms with E-state index < -0.39 is 0 Å². The van der Waals surface area contributed by atoms with Gasteiger partial charge in [-0.15, -0.1) is 0 Å². The highest BCUT2D eigenvalue weighted by Crippen LogP contribution is 2.04. The van der Waals surface area contributed by atoms with Gasteiger partial charge in [0.05, 0.1) is 25.1 Å². The first-order valence-electron chi connectivity index (χ1n) is 6.66.